The minimum Gasteiger partial charge on any atom is -0.377 e. The molecule has 4 unspecified atom stereocenters. The molecule has 0 aromatic heterocycles. The molecule has 1 amide bonds. The summed E-state index contributed by atoms with van der Waals surface area (Å²) in [5.74, 6) is 2.51. The number of hydrogen-bond acceptors (Lipinski definition) is 4. The van der Waals surface area contributed by atoms with Crippen LogP contribution in [0.4, 0.5) is 0 Å². The fourth-order valence-corrected chi connectivity index (χ4v) is 5.56. The predicted octanol–water partition coefficient (Wildman–Crippen LogP) is 1.48. The van der Waals surface area contributed by atoms with E-state index < -0.39 is 5.54 Å². The topological polar surface area (TPSA) is 55.6 Å². The van der Waals surface area contributed by atoms with E-state index in [1.54, 1.807) is 0 Å². The smallest absolute Gasteiger partial charge is 0.243 e. The van der Waals surface area contributed by atoms with Crippen LogP contribution in [0.15, 0.2) is 0 Å². The summed E-state index contributed by atoms with van der Waals surface area (Å²) in [7, 11) is 1.93. The maximum absolute atomic E-state index is 13.0. The second-order valence-corrected chi connectivity index (χ2v) is 8.21. The van der Waals surface area contributed by atoms with Gasteiger partial charge in [0.25, 0.3) is 0 Å². The quantitative estimate of drug-likeness (QED) is 0.839. The van der Waals surface area contributed by atoms with Crippen molar-refractivity contribution in [3.05, 3.63) is 0 Å². The zero-order chi connectivity index (χ0) is 14.5. The van der Waals surface area contributed by atoms with Crippen molar-refractivity contribution < 1.29 is 9.53 Å². The molecule has 3 fully saturated rings. The first kappa shape index (κ1) is 14.7. The second kappa shape index (κ2) is 4.89. The molecule has 3 rings (SSSR count). The van der Waals surface area contributed by atoms with E-state index in [9.17, 15) is 4.79 Å². The van der Waals surface area contributed by atoms with Gasteiger partial charge in [-0.2, -0.15) is 11.8 Å². The Bertz CT molecular complexity index is 409. The highest BCUT2D eigenvalue weighted by Crippen LogP contribution is 2.58. The Morgan fingerprint density at radius 3 is 2.80 bits per heavy atom. The highest BCUT2D eigenvalue weighted by molar-refractivity contribution is 7.99. The van der Waals surface area contributed by atoms with Gasteiger partial charge in [0.1, 0.15) is 5.54 Å². The molecule has 2 saturated heterocycles. The first-order valence-corrected chi connectivity index (χ1v) is 8.81. The molecule has 20 heavy (non-hydrogen) atoms. The molecule has 2 N–H and O–H groups in total. The van der Waals surface area contributed by atoms with Crippen LogP contribution >= 0.6 is 11.8 Å². The van der Waals surface area contributed by atoms with E-state index in [0.717, 1.165) is 37.4 Å². The van der Waals surface area contributed by atoms with Gasteiger partial charge in [0, 0.05) is 36.8 Å². The summed E-state index contributed by atoms with van der Waals surface area (Å²) >= 11 is 1.93. The molecule has 2 heterocycles. The van der Waals surface area contributed by atoms with Crippen LogP contribution in [0.1, 0.15) is 33.1 Å². The van der Waals surface area contributed by atoms with Crippen molar-refractivity contribution in [3.63, 3.8) is 0 Å². The third-order valence-electron chi connectivity index (χ3n) is 5.81. The monoisotopic (exact) mass is 298 g/mol. The number of nitrogens with two attached hydrogens (primary N) is 1. The van der Waals surface area contributed by atoms with E-state index >= 15 is 0 Å². The lowest BCUT2D eigenvalue weighted by Gasteiger charge is -2.65. The summed E-state index contributed by atoms with van der Waals surface area (Å²) in [4.78, 5) is 15.0. The van der Waals surface area contributed by atoms with Gasteiger partial charge in [-0.3, -0.25) is 4.79 Å². The van der Waals surface area contributed by atoms with E-state index in [0.29, 0.717) is 6.04 Å². The first-order valence-electron chi connectivity index (χ1n) is 7.66. The molecule has 2 aliphatic heterocycles. The van der Waals surface area contributed by atoms with Gasteiger partial charge in [0.05, 0.1) is 6.10 Å². The average Bonchev–Trinajstić information content (AvgIpc) is 2.99. The molecule has 4 nitrogen and oxygen atoms in total. The number of nitrogens with zero attached hydrogens (tertiary/aromatic N) is 1. The van der Waals surface area contributed by atoms with Crippen LogP contribution in [-0.2, 0) is 9.53 Å². The van der Waals surface area contributed by atoms with Gasteiger partial charge < -0.3 is 15.4 Å². The van der Waals surface area contributed by atoms with Gasteiger partial charge in [0.2, 0.25) is 5.91 Å². The molecule has 114 valence electrons. The maximum atomic E-state index is 13.0. The first-order chi connectivity index (χ1) is 9.40. The predicted molar refractivity (Wildman–Crippen MR) is 81.7 cm³/mol. The second-order valence-electron chi connectivity index (χ2n) is 7.06. The third-order valence-corrected chi connectivity index (χ3v) is 6.96. The zero-order valence-corrected chi connectivity index (χ0v) is 13.5. The zero-order valence-electron chi connectivity index (χ0n) is 12.7. The van der Waals surface area contributed by atoms with Crippen LogP contribution in [0.3, 0.4) is 0 Å². The lowest BCUT2D eigenvalue weighted by molar-refractivity contribution is -0.230. The number of fused-ring (bicyclic) bond motifs is 1. The van der Waals surface area contributed by atoms with Crippen molar-refractivity contribution in [2.75, 3.05) is 25.2 Å². The van der Waals surface area contributed by atoms with Crippen molar-refractivity contribution in [3.8, 4) is 0 Å². The summed E-state index contributed by atoms with van der Waals surface area (Å²) in [5.41, 5.74) is 5.65. The molecule has 0 aromatic carbocycles. The van der Waals surface area contributed by atoms with Crippen LogP contribution < -0.4 is 5.73 Å². The highest BCUT2D eigenvalue weighted by Gasteiger charge is 2.70. The van der Waals surface area contributed by atoms with Crippen LogP contribution in [0, 0.1) is 11.3 Å². The van der Waals surface area contributed by atoms with E-state index in [-0.39, 0.29) is 23.3 Å². The Labute approximate surface area is 125 Å². The van der Waals surface area contributed by atoms with E-state index in [2.05, 4.69) is 13.8 Å². The Morgan fingerprint density at radius 1 is 1.40 bits per heavy atom. The summed E-state index contributed by atoms with van der Waals surface area (Å²) in [6.07, 6.45) is 3.28. The molecule has 0 bridgehead atoms. The lowest BCUT2D eigenvalue weighted by atomic mass is 9.46. The summed E-state index contributed by atoms with van der Waals surface area (Å²) < 4.78 is 5.89. The van der Waals surface area contributed by atoms with Crippen molar-refractivity contribution >= 4 is 17.7 Å². The number of thioether (sulfide) groups is 1. The van der Waals surface area contributed by atoms with Gasteiger partial charge in [0.15, 0.2) is 0 Å². The number of amides is 1. The van der Waals surface area contributed by atoms with Crippen molar-refractivity contribution in [1.29, 1.82) is 0 Å². The molecule has 1 saturated carbocycles. The SMILES string of the molecule is CN(C(=O)C1(N)C2CCCOC2C1(C)C)C1CCSC1. The molecular weight excluding hydrogens is 272 g/mol. The van der Waals surface area contributed by atoms with E-state index in [1.807, 2.05) is 23.7 Å². The third kappa shape index (κ3) is 1.79. The molecule has 0 spiro atoms. The maximum Gasteiger partial charge on any atom is 0.243 e. The standard InChI is InChI=1S/C15H26N2O2S/c1-14(2)12-11(5-4-7-19-12)15(14,16)13(18)17(3)10-6-8-20-9-10/h10-12H,4-9,16H2,1-3H3. The van der Waals surface area contributed by atoms with Gasteiger partial charge in [-0.05, 0) is 25.0 Å². The number of carbonyl (C=O) groups is 1. The summed E-state index contributed by atoms with van der Waals surface area (Å²) in [5, 5.41) is 0. The van der Waals surface area contributed by atoms with Crippen LogP contribution in [-0.4, -0.2) is 53.7 Å². The fourth-order valence-electron chi connectivity index (χ4n) is 4.30. The minimum atomic E-state index is -0.750. The Hall–Kier alpha value is -0.260. The van der Waals surface area contributed by atoms with Crippen molar-refractivity contribution in [1.82, 2.24) is 4.90 Å². The van der Waals surface area contributed by atoms with E-state index in [4.69, 9.17) is 10.5 Å². The molecule has 4 atom stereocenters. The van der Waals surface area contributed by atoms with Crippen LogP contribution in [0.5, 0.6) is 0 Å². The number of hydrogen-bond donors (Lipinski definition) is 1. The average molecular weight is 298 g/mol. The number of rotatable bonds is 2. The highest BCUT2D eigenvalue weighted by atomic mass is 32.2. The van der Waals surface area contributed by atoms with Gasteiger partial charge in [-0.15, -0.1) is 0 Å². The van der Waals surface area contributed by atoms with Crippen LogP contribution in [0.25, 0.3) is 0 Å². The largest absolute Gasteiger partial charge is 0.377 e. The van der Waals surface area contributed by atoms with E-state index in [1.165, 1.54) is 0 Å². The molecule has 5 heteroatoms. The molecule has 0 radical (unpaired) electrons. The summed E-state index contributed by atoms with van der Waals surface area (Å²) in [6, 6.07) is 0.354. The van der Waals surface area contributed by atoms with Gasteiger partial charge in [-0.25, -0.2) is 0 Å². The number of likely N-dealkylation sites (N-methyl/N-ethyl adjacent to an activating group) is 1. The molecule has 0 aromatic rings. The molecule has 1 aliphatic carbocycles. The van der Waals surface area contributed by atoms with Gasteiger partial charge in [-0.1, -0.05) is 13.8 Å². The number of ether oxygens (including phenoxy) is 1. The molecular formula is C15H26N2O2S. The Kier molecular flexibility index (Phi) is 3.58. The van der Waals surface area contributed by atoms with Gasteiger partial charge >= 0.3 is 0 Å². The number of carbonyl (C=O) groups excluding carboxylic acids is 1. The Morgan fingerprint density at radius 2 is 2.15 bits per heavy atom. The van der Waals surface area contributed by atoms with Crippen LogP contribution in [0.2, 0.25) is 0 Å². The Balaban J connectivity index is 1.81. The van der Waals surface area contributed by atoms with Crippen molar-refractivity contribution in [2.45, 2.75) is 50.8 Å². The lowest BCUT2D eigenvalue weighted by Crippen LogP contribution is -2.82. The summed E-state index contributed by atoms with van der Waals surface area (Å²) in [6.45, 7) is 4.99. The van der Waals surface area contributed by atoms with Crippen molar-refractivity contribution in [2.24, 2.45) is 17.1 Å². The minimum absolute atomic E-state index is 0.127. The fraction of sp³-hybridized carbons (Fsp3) is 0.933. The normalized spacial score (nSPS) is 42.7. The molecule has 3 aliphatic rings.